The molecular weight excluding hydrogens is 661 g/mol. The van der Waals surface area contributed by atoms with Crippen LogP contribution in [0, 0.1) is 5.41 Å². The molecule has 0 radical (unpaired) electrons. The fourth-order valence-corrected chi connectivity index (χ4v) is 5.82. The molecule has 0 spiro atoms. The number of alkyl carbamates (subject to hydrolysis) is 1. The zero-order chi connectivity index (χ0) is 37.1. The highest BCUT2D eigenvalue weighted by Crippen LogP contribution is 2.39. The Hall–Kier alpha value is -5.02. The number of nitrogens with zero attached hydrogens (tertiary/aromatic N) is 4. The number of carbonyl (C=O) groups is 5. The molecule has 2 aromatic rings. The van der Waals surface area contributed by atoms with E-state index in [-0.39, 0.29) is 50.0 Å². The van der Waals surface area contributed by atoms with Crippen LogP contribution in [0.5, 0.6) is 0 Å². The number of alkyl halides is 3. The van der Waals surface area contributed by atoms with Crippen LogP contribution in [-0.2, 0) is 32.0 Å². The maximum Gasteiger partial charge on any atom is 0.408 e. The molecule has 3 N–H and O–H groups in total. The number of aromatic carboxylic acids is 1. The van der Waals surface area contributed by atoms with Crippen LogP contribution in [0.4, 0.5) is 18.0 Å². The number of aromatic nitrogens is 1. The molecule has 0 saturated carbocycles. The summed E-state index contributed by atoms with van der Waals surface area (Å²) in [5.74, 6) is -3.34. The molecule has 2 aliphatic heterocycles. The number of carboxylic acids is 1. The number of pyridine rings is 1. The standard InChI is InChI=1S/C34H41F3N6O7/c1-31(2,3)50-30(49)40-32(4,5)28(47)39-24(14-11-21-9-12-22(13-10-21)27(45)46)26(44)42-17-15-25-33(19-42,18-23-8-6-7-16-38-23)29(48)43(41-25)20-34(35,36)37/h6-10,12-13,16,24H,11,14-15,17-20H2,1-5H3,(H,39,47)(H,40,49)(H,45,46). The van der Waals surface area contributed by atoms with Gasteiger partial charge in [-0.05, 0) is 77.3 Å². The lowest BCUT2D eigenvalue weighted by molar-refractivity contribution is -0.164. The SMILES string of the molecule is CC(C)(C)OC(=O)NC(C)(C)C(=O)NC(CCc1ccc(C(=O)O)cc1)C(=O)N1CCC2=NN(CC(F)(F)F)C(=O)C2(Cc2ccccn2)C1. The number of piperidine rings is 1. The average molecular weight is 703 g/mol. The zero-order valence-electron chi connectivity index (χ0n) is 28.5. The van der Waals surface area contributed by atoms with Crippen molar-refractivity contribution in [3.05, 3.63) is 65.5 Å². The van der Waals surface area contributed by atoms with E-state index in [4.69, 9.17) is 4.74 Å². The van der Waals surface area contributed by atoms with Crippen molar-refractivity contribution in [1.29, 1.82) is 0 Å². The number of likely N-dealkylation sites (tertiary alicyclic amines) is 1. The third-order valence-electron chi connectivity index (χ3n) is 8.27. The summed E-state index contributed by atoms with van der Waals surface area (Å²) < 4.78 is 45.6. The number of hydrogen-bond donors (Lipinski definition) is 3. The molecule has 2 aliphatic rings. The summed E-state index contributed by atoms with van der Waals surface area (Å²) in [6.07, 6.45) is -3.95. The lowest BCUT2D eigenvalue weighted by atomic mass is 9.74. The van der Waals surface area contributed by atoms with Crippen LogP contribution in [-0.4, -0.2) is 98.5 Å². The number of benzene rings is 1. The Labute approximate surface area is 287 Å². The molecule has 3 heterocycles. The Morgan fingerprint density at radius 3 is 2.30 bits per heavy atom. The number of fused-ring (bicyclic) bond motifs is 1. The second-order valence-corrected chi connectivity index (χ2v) is 13.9. The summed E-state index contributed by atoms with van der Waals surface area (Å²) in [5.41, 5.74) is -2.65. The van der Waals surface area contributed by atoms with Crippen molar-refractivity contribution in [3.63, 3.8) is 0 Å². The normalized spacial score (nSPS) is 18.6. The zero-order valence-corrected chi connectivity index (χ0v) is 28.5. The van der Waals surface area contributed by atoms with Gasteiger partial charge < -0.3 is 25.4 Å². The monoisotopic (exact) mass is 702 g/mol. The summed E-state index contributed by atoms with van der Waals surface area (Å²) in [7, 11) is 0. The van der Waals surface area contributed by atoms with E-state index in [9.17, 15) is 42.3 Å². The van der Waals surface area contributed by atoms with Crippen molar-refractivity contribution in [1.82, 2.24) is 25.5 Å². The maximum atomic E-state index is 14.3. The number of ether oxygens (including phenoxy) is 1. The van der Waals surface area contributed by atoms with Gasteiger partial charge in [-0.15, -0.1) is 0 Å². The summed E-state index contributed by atoms with van der Waals surface area (Å²) in [5, 5.41) is 18.9. The van der Waals surface area contributed by atoms with Crippen molar-refractivity contribution in [3.8, 4) is 0 Å². The third-order valence-corrected chi connectivity index (χ3v) is 8.27. The number of carbonyl (C=O) groups excluding carboxylic acids is 4. The predicted molar refractivity (Wildman–Crippen MR) is 174 cm³/mol. The molecule has 270 valence electrons. The van der Waals surface area contributed by atoms with E-state index in [1.807, 2.05) is 0 Å². The molecule has 1 aromatic carbocycles. The van der Waals surface area contributed by atoms with E-state index >= 15 is 0 Å². The van der Waals surface area contributed by atoms with Crippen LogP contribution in [0.15, 0.2) is 53.8 Å². The molecule has 2 atom stereocenters. The molecule has 1 aromatic heterocycles. The van der Waals surface area contributed by atoms with Crippen LogP contribution in [0.2, 0.25) is 0 Å². The molecule has 50 heavy (non-hydrogen) atoms. The largest absolute Gasteiger partial charge is 0.478 e. The summed E-state index contributed by atoms with van der Waals surface area (Å²) in [6, 6.07) is 9.73. The van der Waals surface area contributed by atoms with Crippen molar-refractivity contribution < 1.29 is 47.0 Å². The van der Waals surface area contributed by atoms with Crippen molar-refractivity contribution in [2.24, 2.45) is 10.5 Å². The Morgan fingerprint density at radius 1 is 1.04 bits per heavy atom. The van der Waals surface area contributed by atoms with Crippen molar-refractivity contribution in [2.45, 2.75) is 83.7 Å². The Kier molecular flexibility index (Phi) is 10.9. The van der Waals surface area contributed by atoms with E-state index in [0.29, 0.717) is 16.3 Å². The number of hydrazone groups is 1. The molecule has 16 heteroatoms. The van der Waals surface area contributed by atoms with Gasteiger partial charge in [0.2, 0.25) is 11.8 Å². The van der Waals surface area contributed by atoms with E-state index in [2.05, 4.69) is 20.7 Å². The molecular formula is C34H41F3N6O7. The summed E-state index contributed by atoms with van der Waals surface area (Å²) in [4.78, 5) is 71.1. The first-order chi connectivity index (χ1) is 23.2. The molecule has 2 unspecified atom stereocenters. The summed E-state index contributed by atoms with van der Waals surface area (Å²) >= 11 is 0. The van der Waals surface area contributed by atoms with Gasteiger partial charge in [-0.3, -0.25) is 19.4 Å². The lowest BCUT2D eigenvalue weighted by Gasteiger charge is -2.41. The van der Waals surface area contributed by atoms with Gasteiger partial charge in [0.05, 0.1) is 11.3 Å². The minimum Gasteiger partial charge on any atom is -0.478 e. The molecule has 13 nitrogen and oxygen atoms in total. The second-order valence-electron chi connectivity index (χ2n) is 13.9. The highest BCUT2D eigenvalue weighted by molar-refractivity contribution is 6.14. The van der Waals surface area contributed by atoms with Gasteiger partial charge in [0.1, 0.15) is 29.1 Å². The first-order valence-electron chi connectivity index (χ1n) is 16.0. The third kappa shape index (κ3) is 9.36. The second kappa shape index (κ2) is 14.5. The topological polar surface area (TPSA) is 171 Å². The van der Waals surface area contributed by atoms with Gasteiger partial charge in [0, 0.05) is 37.8 Å². The Balaban J connectivity index is 1.62. The number of nitrogens with one attached hydrogen (secondary N) is 2. The molecule has 1 fully saturated rings. The smallest absolute Gasteiger partial charge is 0.408 e. The van der Waals surface area contributed by atoms with Gasteiger partial charge in [-0.2, -0.15) is 18.3 Å². The van der Waals surface area contributed by atoms with Gasteiger partial charge in [0.25, 0.3) is 5.91 Å². The molecule has 0 bridgehead atoms. The molecule has 4 amide bonds. The van der Waals surface area contributed by atoms with Gasteiger partial charge in [-0.1, -0.05) is 18.2 Å². The van der Waals surface area contributed by atoms with E-state index in [0.717, 1.165) is 0 Å². The van der Waals surface area contributed by atoms with E-state index in [1.54, 1.807) is 51.1 Å². The lowest BCUT2D eigenvalue weighted by Crippen LogP contribution is -2.62. The summed E-state index contributed by atoms with van der Waals surface area (Å²) in [6.45, 7) is 5.93. The minimum absolute atomic E-state index is 0.00167. The van der Waals surface area contributed by atoms with Crippen LogP contribution >= 0.6 is 0 Å². The van der Waals surface area contributed by atoms with Gasteiger partial charge in [0.15, 0.2) is 0 Å². The van der Waals surface area contributed by atoms with Crippen LogP contribution in [0.25, 0.3) is 0 Å². The molecule has 4 rings (SSSR count). The number of rotatable bonds is 11. The fourth-order valence-electron chi connectivity index (χ4n) is 5.82. The predicted octanol–water partition coefficient (Wildman–Crippen LogP) is 3.72. The van der Waals surface area contributed by atoms with E-state index < -0.39 is 65.1 Å². The molecule has 1 saturated heterocycles. The first kappa shape index (κ1) is 37.8. The number of halogens is 3. The van der Waals surface area contributed by atoms with Gasteiger partial charge in [-0.25, -0.2) is 14.6 Å². The number of hydrogen-bond acceptors (Lipinski definition) is 8. The Bertz CT molecular complexity index is 1640. The quantitative estimate of drug-likeness (QED) is 0.318. The first-order valence-corrected chi connectivity index (χ1v) is 16.0. The number of amides is 4. The number of carboxylic acid groups (broad SMARTS) is 1. The minimum atomic E-state index is -4.72. The van der Waals surface area contributed by atoms with E-state index in [1.165, 1.54) is 37.1 Å². The highest BCUT2D eigenvalue weighted by Gasteiger charge is 2.56. The van der Waals surface area contributed by atoms with Crippen LogP contribution in [0.1, 0.15) is 69.1 Å². The maximum absolute atomic E-state index is 14.3. The number of aryl methyl sites for hydroxylation is 1. The van der Waals surface area contributed by atoms with Crippen molar-refractivity contribution in [2.75, 3.05) is 19.6 Å². The Morgan fingerprint density at radius 2 is 1.72 bits per heavy atom. The molecule has 0 aliphatic carbocycles. The van der Waals surface area contributed by atoms with Crippen LogP contribution < -0.4 is 10.6 Å². The fraction of sp³-hybridized carbons (Fsp3) is 0.500. The van der Waals surface area contributed by atoms with Gasteiger partial charge >= 0.3 is 18.2 Å². The van der Waals surface area contributed by atoms with Crippen LogP contribution in [0.3, 0.4) is 0 Å². The average Bonchev–Trinajstić information content (AvgIpc) is 3.26. The van der Waals surface area contributed by atoms with Crippen molar-refractivity contribution >= 4 is 35.5 Å². The highest BCUT2D eigenvalue weighted by atomic mass is 19.4.